The van der Waals surface area contributed by atoms with Crippen molar-refractivity contribution in [1.29, 1.82) is 0 Å². The third-order valence-electron chi connectivity index (χ3n) is 3.62. The highest BCUT2D eigenvalue weighted by Crippen LogP contribution is 2.44. The summed E-state index contributed by atoms with van der Waals surface area (Å²) in [4.78, 5) is 23.2. The maximum absolute atomic E-state index is 11.7. The summed E-state index contributed by atoms with van der Waals surface area (Å²) >= 11 is 1.23. The Morgan fingerprint density at radius 1 is 1.32 bits per heavy atom. The molecule has 0 aromatic carbocycles. The van der Waals surface area contributed by atoms with E-state index >= 15 is 0 Å². The molecule has 1 heterocycles. The second-order valence-electron chi connectivity index (χ2n) is 5.63. The van der Waals surface area contributed by atoms with E-state index in [0.717, 1.165) is 19.3 Å². The van der Waals surface area contributed by atoms with E-state index in [-0.39, 0.29) is 11.7 Å². The molecule has 0 saturated heterocycles. The van der Waals surface area contributed by atoms with Crippen LogP contribution in [0, 0.1) is 0 Å². The molecule has 0 aromatic rings. The zero-order valence-electron chi connectivity index (χ0n) is 13.6. The summed E-state index contributed by atoms with van der Waals surface area (Å²) in [6.07, 6.45) is 10.0. The van der Waals surface area contributed by atoms with Gasteiger partial charge in [-0.2, -0.15) is 0 Å². The minimum absolute atomic E-state index is 0.0694. The van der Waals surface area contributed by atoms with Crippen molar-refractivity contribution < 1.29 is 19.1 Å². The van der Waals surface area contributed by atoms with Gasteiger partial charge in [-0.1, -0.05) is 69.9 Å². The number of rotatable bonds is 10. The van der Waals surface area contributed by atoms with Crippen LogP contribution in [0.3, 0.4) is 0 Å². The molecule has 1 atom stereocenters. The Hall–Kier alpha value is -1.23. The fourth-order valence-corrected chi connectivity index (χ4v) is 3.42. The molecule has 1 aliphatic rings. The molecule has 0 aliphatic carbocycles. The van der Waals surface area contributed by atoms with Gasteiger partial charge >= 0.3 is 6.16 Å². The standard InChI is InChI=1S/C17H26O4S/c1-4-6-7-8-9-10-11-17(3)14(13-15(18)22-17)21-16(19)20-12-5-2/h5,13H,2,4,6-12H2,1,3H3. The van der Waals surface area contributed by atoms with Crippen molar-refractivity contribution in [3.05, 3.63) is 24.5 Å². The van der Waals surface area contributed by atoms with E-state index in [4.69, 9.17) is 9.47 Å². The van der Waals surface area contributed by atoms with Gasteiger partial charge in [0.2, 0.25) is 5.12 Å². The van der Waals surface area contributed by atoms with Crippen molar-refractivity contribution in [1.82, 2.24) is 0 Å². The molecule has 1 aliphatic heterocycles. The fourth-order valence-electron chi connectivity index (χ4n) is 2.36. The van der Waals surface area contributed by atoms with Gasteiger partial charge in [0, 0.05) is 6.08 Å². The monoisotopic (exact) mass is 326 g/mol. The lowest BCUT2D eigenvalue weighted by atomic mass is 9.99. The molecular formula is C17H26O4S. The molecule has 0 spiro atoms. The quantitative estimate of drug-likeness (QED) is 0.321. The second kappa shape index (κ2) is 9.72. The Bertz CT molecular complexity index is 430. The van der Waals surface area contributed by atoms with Crippen LogP contribution in [0.4, 0.5) is 4.79 Å². The predicted octanol–water partition coefficient (Wildman–Crippen LogP) is 4.99. The lowest BCUT2D eigenvalue weighted by molar-refractivity contribution is -0.106. The zero-order valence-corrected chi connectivity index (χ0v) is 14.4. The number of carbonyl (C=O) groups is 2. The molecule has 0 N–H and O–H groups in total. The van der Waals surface area contributed by atoms with Crippen LogP contribution in [0.2, 0.25) is 0 Å². The van der Waals surface area contributed by atoms with Gasteiger partial charge in [-0.25, -0.2) is 4.79 Å². The maximum Gasteiger partial charge on any atom is 0.513 e. The summed E-state index contributed by atoms with van der Waals surface area (Å²) in [5.41, 5.74) is 0. The Balaban J connectivity index is 2.44. The van der Waals surface area contributed by atoms with Gasteiger partial charge in [-0.05, 0) is 13.3 Å². The first-order valence-electron chi connectivity index (χ1n) is 7.92. The second-order valence-corrected chi connectivity index (χ2v) is 7.14. The number of hydrogen-bond donors (Lipinski definition) is 0. The lowest BCUT2D eigenvalue weighted by Crippen LogP contribution is -2.24. The van der Waals surface area contributed by atoms with Gasteiger partial charge in [-0.15, -0.1) is 0 Å². The van der Waals surface area contributed by atoms with Gasteiger partial charge in [-0.3, -0.25) is 4.79 Å². The molecule has 0 radical (unpaired) electrons. The zero-order chi connectivity index (χ0) is 16.4. The molecule has 0 amide bonds. The Labute approximate surface area is 137 Å². The molecule has 1 unspecified atom stereocenters. The summed E-state index contributed by atoms with van der Waals surface area (Å²) < 4.78 is 9.55. The first kappa shape index (κ1) is 18.8. The van der Waals surface area contributed by atoms with E-state index in [1.807, 2.05) is 6.92 Å². The first-order valence-corrected chi connectivity index (χ1v) is 8.74. The molecule has 1 rings (SSSR count). The SMILES string of the molecule is C=CCOC(=O)OC1=CC(=O)SC1(C)CCCCCCCC. The molecule has 4 nitrogen and oxygen atoms in total. The number of carbonyl (C=O) groups excluding carboxylic acids is 2. The highest BCUT2D eigenvalue weighted by atomic mass is 32.2. The Morgan fingerprint density at radius 2 is 2.00 bits per heavy atom. The van der Waals surface area contributed by atoms with Crippen molar-refractivity contribution in [3.63, 3.8) is 0 Å². The summed E-state index contributed by atoms with van der Waals surface area (Å²) in [5, 5.41) is -0.0694. The molecule has 0 fully saturated rings. The highest BCUT2D eigenvalue weighted by molar-refractivity contribution is 8.15. The summed E-state index contributed by atoms with van der Waals surface area (Å²) in [7, 11) is 0. The summed E-state index contributed by atoms with van der Waals surface area (Å²) in [6.45, 7) is 7.71. The first-order chi connectivity index (χ1) is 10.5. The van der Waals surface area contributed by atoms with Crippen LogP contribution in [0.5, 0.6) is 0 Å². The lowest BCUT2D eigenvalue weighted by Gasteiger charge is -2.24. The van der Waals surface area contributed by atoms with E-state index in [0.29, 0.717) is 5.76 Å². The van der Waals surface area contributed by atoms with Crippen LogP contribution < -0.4 is 0 Å². The maximum atomic E-state index is 11.7. The van der Waals surface area contributed by atoms with Crippen molar-refractivity contribution in [3.8, 4) is 0 Å². The van der Waals surface area contributed by atoms with Crippen molar-refractivity contribution >= 4 is 23.0 Å². The molecule has 0 aromatic heterocycles. The number of unbranched alkanes of at least 4 members (excludes halogenated alkanes) is 5. The molecule has 22 heavy (non-hydrogen) atoms. The smallest absolute Gasteiger partial charge is 0.430 e. The highest BCUT2D eigenvalue weighted by Gasteiger charge is 2.40. The molecular weight excluding hydrogens is 300 g/mol. The topological polar surface area (TPSA) is 52.6 Å². The van der Waals surface area contributed by atoms with Crippen molar-refractivity contribution in [2.24, 2.45) is 0 Å². The van der Waals surface area contributed by atoms with Gasteiger partial charge in [0.1, 0.15) is 12.4 Å². The average molecular weight is 326 g/mol. The minimum atomic E-state index is -0.782. The van der Waals surface area contributed by atoms with Gasteiger partial charge in [0.05, 0.1) is 4.75 Å². The van der Waals surface area contributed by atoms with E-state index in [2.05, 4.69) is 13.5 Å². The minimum Gasteiger partial charge on any atom is -0.430 e. The number of thioether (sulfide) groups is 1. The number of ether oxygens (including phenoxy) is 2. The van der Waals surface area contributed by atoms with Crippen molar-refractivity contribution in [2.75, 3.05) is 6.61 Å². The largest absolute Gasteiger partial charge is 0.513 e. The third kappa shape index (κ3) is 6.26. The van der Waals surface area contributed by atoms with Gasteiger partial charge in [0.25, 0.3) is 0 Å². The summed E-state index contributed by atoms with van der Waals surface area (Å²) in [6, 6.07) is 0. The third-order valence-corrected chi connectivity index (χ3v) is 4.79. The fraction of sp³-hybridized carbons (Fsp3) is 0.647. The van der Waals surface area contributed by atoms with Gasteiger partial charge < -0.3 is 9.47 Å². The Kier molecular flexibility index (Phi) is 8.31. The van der Waals surface area contributed by atoms with Crippen LogP contribution in [-0.2, 0) is 14.3 Å². The van der Waals surface area contributed by atoms with Crippen LogP contribution in [0.1, 0.15) is 58.8 Å². The van der Waals surface area contributed by atoms with Crippen LogP contribution in [0.25, 0.3) is 0 Å². The molecule has 0 bridgehead atoms. The summed E-state index contributed by atoms with van der Waals surface area (Å²) in [5.74, 6) is 0.408. The van der Waals surface area contributed by atoms with Gasteiger partial charge in [0.15, 0.2) is 0 Å². The van der Waals surface area contributed by atoms with E-state index in [9.17, 15) is 9.59 Å². The van der Waals surface area contributed by atoms with Crippen LogP contribution >= 0.6 is 11.8 Å². The molecule has 5 heteroatoms. The predicted molar refractivity (Wildman–Crippen MR) is 89.7 cm³/mol. The number of hydrogen-bond acceptors (Lipinski definition) is 5. The van der Waals surface area contributed by atoms with E-state index < -0.39 is 10.9 Å². The van der Waals surface area contributed by atoms with Crippen LogP contribution in [0.15, 0.2) is 24.5 Å². The molecule has 124 valence electrons. The van der Waals surface area contributed by atoms with E-state index in [1.54, 1.807) is 0 Å². The average Bonchev–Trinajstić information content (AvgIpc) is 2.75. The normalized spacial score (nSPS) is 20.6. The molecule has 0 saturated carbocycles. The van der Waals surface area contributed by atoms with Crippen molar-refractivity contribution in [2.45, 2.75) is 63.5 Å². The van der Waals surface area contributed by atoms with Crippen LogP contribution in [-0.4, -0.2) is 22.6 Å². The Morgan fingerprint density at radius 3 is 2.68 bits per heavy atom. The van der Waals surface area contributed by atoms with E-state index in [1.165, 1.54) is 49.6 Å².